The van der Waals surface area contributed by atoms with Crippen molar-refractivity contribution in [1.82, 2.24) is 15.0 Å². The standard InChI is InChI=1S/C12H15N3O2/c1-12(2,7-11(16)17)8-4-5-9-10(6-8)15(3)14-13-9/h4-6H,7H2,1-3H3,(H,16,17). The van der Waals surface area contributed by atoms with E-state index in [2.05, 4.69) is 10.3 Å². The minimum atomic E-state index is -0.793. The van der Waals surface area contributed by atoms with Crippen LogP contribution in [0.5, 0.6) is 0 Å². The van der Waals surface area contributed by atoms with Crippen LogP contribution in [-0.2, 0) is 17.3 Å². The average Bonchev–Trinajstić information content (AvgIpc) is 2.58. The Morgan fingerprint density at radius 2 is 2.18 bits per heavy atom. The minimum absolute atomic E-state index is 0.101. The van der Waals surface area contributed by atoms with Crippen molar-refractivity contribution >= 4 is 17.0 Å². The van der Waals surface area contributed by atoms with E-state index in [9.17, 15) is 4.79 Å². The molecule has 0 spiro atoms. The Bertz CT molecular complexity index is 572. The number of carbonyl (C=O) groups is 1. The maximum absolute atomic E-state index is 10.8. The first-order valence-electron chi connectivity index (χ1n) is 5.42. The molecule has 0 atom stereocenters. The lowest BCUT2D eigenvalue weighted by molar-refractivity contribution is -0.138. The predicted octanol–water partition coefficient (Wildman–Crippen LogP) is 1.72. The van der Waals surface area contributed by atoms with Gasteiger partial charge in [0.15, 0.2) is 0 Å². The fourth-order valence-electron chi connectivity index (χ4n) is 1.93. The van der Waals surface area contributed by atoms with Gasteiger partial charge in [-0.3, -0.25) is 4.79 Å². The zero-order valence-corrected chi connectivity index (χ0v) is 10.1. The summed E-state index contributed by atoms with van der Waals surface area (Å²) in [5, 5.41) is 16.8. The number of hydrogen-bond donors (Lipinski definition) is 1. The molecule has 5 nitrogen and oxygen atoms in total. The van der Waals surface area contributed by atoms with Crippen molar-refractivity contribution in [3.05, 3.63) is 23.8 Å². The van der Waals surface area contributed by atoms with Crippen molar-refractivity contribution < 1.29 is 9.90 Å². The van der Waals surface area contributed by atoms with Gasteiger partial charge in [-0.1, -0.05) is 25.1 Å². The Morgan fingerprint density at radius 3 is 2.82 bits per heavy atom. The van der Waals surface area contributed by atoms with Crippen LogP contribution < -0.4 is 0 Å². The summed E-state index contributed by atoms with van der Waals surface area (Å²) in [5.74, 6) is -0.793. The second-order valence-corrected chi connectivity index (χ2v) is 4.87. The van der Waals surface area contributed by atoms with Gasteiger partial charge in [0, 0.05) is 12.5 Å². The average molecular weight is 233 g/mol. The summed E-state index contributed by atoms with van der Waals surface area (Å²) in [6.45, 7) is 3.85. The fraction of sp³-hybridized carbons (Fsp3) is 0.417. The number of benzene rings is 1. The summed E-state index contributed by atoms with van der Waals surface area (Å²) >= 11 is 0. The van der Waals surface area contributed by atoms with E-state index in [1.807, 2.05) is 39.1 Å². The quantitative estimate of drug-likeness (QED) is 0.876. The Morgan fingerprint density at radius 1 is 1.47 bits per heavy atom. The van der Waals surface area contributed by atoms with E-state index in [0.717, 1.165) is 16.6 Å². The summed E-state index contributed by atoms with van der Waals surface area (Å²) in [5.41, 5.74) is 2.32. The lowest BCUT2D eigenvalue weighted by Gasteiger charge is -2.23. The lowest BCUT2D eigenvalue weighted by atomic mass is 9.81. The molecule has 2 rings (SSSR count). The van der Waals surface area contributed by atoms with Gasteiger partial charge in [0.1, 0.15) is 5.52 Å². The number of carboxylic acid groups (broad SMARTS) is 1. The summed E-state index contributed by atoms with van der Waals surface area (Å²) in [6.07, 6.45) is 0.101. The van der Waals surface area contributed by atoms with Crippen molar-refractivity contribution in [3.63, 3.8) is 0 Å². The molecule has 0 aliphatic carbocycles. The number of aryl methyl sites for hydroxylation is 1. The first-order valence-corrected chi connectivity index (χ1v) is 5.42. The topological polar surface area (TPSA) is 68.0 Å². The molecule has 0 radical (unpaired) electrons. The molecule has 17 heavy (non-hydrogen) atoms. The number of rotatable bonds is 3. The maximum atomic E-state index is 10.8. The highest BCUT2D eigenvalue weighted by atomic mass is 16.4. The number of carboxylic acids is 1. The van der Waals surface area contributed by atoms with Gasteiger partial charge in [-0.05, 0) is 17.7 Å². The number of hydrogen-bond acceptors (Lipinski definition) is 3. The van der Waals surface area contributed by atoms with E-state index >= 15 is 0 Å². The molecular formula is C12H15N3O2. The van der Waals surface area contributed by atoms with Crippen molar-refractivity contribution in [2.45, 2.75) is 25.7 Å². The van der Waals surface area contributed by atoms with Crippen LogP contribution in [0.2, 0.25) is 0 Å². The van der Waals surface area contributed by atoms with Crippen LogP contribution >= 0.6 is 0 Å². The molecule has 5 heteroatoms. The third kappa shape index (κ3) is 2.13. The Kier molecular flexibility index (Phi) is 2.61. The molecule has 0 saturated heterocycles. The van der Waals surface area contributed by atoms with Crippen molar-refractivity contribution in [1.29, 1.82) is 0 Å². The molecule has 0 amide bonds. The van der Waals surface area contributed by atoms with E-state index < -0.39 is 11.4 Å². The van der Waals surface area contributed by atoms with Crippen molar-refractivity contribution in [2.75, 3.05) is 0 Å². The highest BCUT2D eigenvalue weighted by molar-refractivity contribution is 5.76. The third-order valence-electron chi connectivity index (χ3n) is 2.99. The van der Waals surface area contributed by atoms with E-state index in [0.29, 0.717) is 0 Å². The summed E-state index contributed by atoms with van der Waals surface area (Å²) in [6, 6.07) is 5.75. The largest absolute Gasteiger partial charge is 0.481 e. The summed E-state index contributed by atoms with van der Waals surface area (Å²) < 4.78 is 1.69. The van der Waals surface area contributed by atoms with Crippen LogP contribution in [-0.4, -0.2) is 26.1 Å². The second kappa shape index (κ2) is 3.84. The lowest BCUT2D eigenvalue weighted by Crippen LogP contribution is -2.21. The van der Waals surface area contributed by atoms with Crippen LogP contribution in [0.4, 0.5) is 0 Å². The molecule has 0 fully saturated rings. The molecule has 1 N–H and O–H groups in total. The number of aromatic nitrogens is 3. The fourth-order valence-corrected chi connectivity index (χ4v) is 1.93. The van der Waals surface area contributed by atoms with Crippen LogP contribution in [0.25, 0.3) is 11.0 Å². The first kappa shape index (κ1) is 11.6. The van der Waals surface area contributed by atoms with Gasteiger partial charge in [0.25, 0.3) is 0 Å². The van der Waals surface area contributed by atoms with Crippen LogP contribution in [0.3, 0.4) is 0 Å². The van der Waals surface area contributed by atoms with Crippen LogP contribution in [0, 0.1) is 0 Å². The molecule has 90 valence electrons. The SMILES string of the molecule is Cn1nnc2ccc(C(C)(C)CC(=O)O)cc21. The maximum Gasteiger partial charge on any atom is 0.304 e. The summed E-state index contributed by atoms with van der Waals surface area (Å²) in [7, 11) is 1.82. The van der Waals surface area contributed by atoms with Gasteiger partial charge in [0.2, 0.25) is 0 Å². The molecule has 2 aromatic rings. The summed E-state index contributed by atoms with van der Waals surface area (Å²) in [4.78, 5) is 10.8. The molecule has 1 aromatic carbocycles. The Labute approximate surface area is 99.1 Å². The van der Waals surface area contributed by atoms with Gasteiger partial charge in [0.05, 0.1) is 11.9 Å². The highest BCUT2D eigenvalue weighted by Crippen LogP contribution is 2.28. The molecule has 0 aliphatic rings. The van der Waals surface area contributed by atoms with Crippen molar-refractivity contribution in [2.24, 2.45) is 7.05 Å². The highest BCUT2D eigenvalue weighted by Gasteiger charge is 2.24. The molecule has 1 aromatic heterocycles. The first-order chi connectivity index (χ1) is 7.90. The normalized spacial score (nSPS) is 11.9. The van der Waals surface area contributed by atoms with Crippen LogP contribution in [0.1, 0.15) is 25.8 Å². The number of nitrogens with zero attached hydrogens (tertiary/aromatic N) is 3. The monoisotopic (exact) mass is 233 g/mol. The van der Waals surface area contributed by atoms with E-state index in [-0.39, 0.29) is 6.42 Å². The van der Waals surface area contributed by atoms with Gasteiger partial charge in [-0.25, -0.2) is 4.68 Å². The van der Waals surface area contributed by atoms with Gasteiger partial charge in [-0.15, -0.1) is 5.10 Å². The van der Waals surface area contributed by atoms with Gasteiger partial charge >= 0.3 is 5.97 Å². The smallest absolute Gasteiger partial charge is 0.304 e. The zero-order chi connectivity index (χ0) is 12.6. The van der Waals surface area contributed by atoms with E-state index in [4.69, 9.17) is 5.11 Å². The zero-order valence-electron chi connectivity index (χ0n) is 10.1. The second-order valence-electron chi connectivity index (χ2n) is 4.87. The molecule has 1 heterocycles. The van der Waals surface area contributed by atoms with E-state index in [1.165, 1.54) is 0 Å². The van der Waals surface area contributed by atoms with Crippen LogP contribution in [0.15, 0.2) is 18.2 Å². The Hall–Kier alpha value is -1.91. The van der Waals surface area contributed by atoms with Gasteiger partial charge < -0.3 is 5.11 Å². The Balaban J connectivity index is 2.48. The van der Waals surface area contributed by atoms with E-state index in [1.54, 1.807) is 4.68 Å². The molecule has 0 unspecified atom stereocenters. The predicted molar refractivity (Wildman–Crippen MR) is 63.8 cm³/mol. The number of aliphatic carboxylic acids is 1. The number of fused-ring (bicyclic) bond motifs is 1. The minimum Gasteiger partial charge on any atom is -0.481 e. The third-order valence-corrected chi connectivity index (χ3v) is 2.99. The molecule has 0 aliphatic heterocycles. The van der Waals surface area contributed by atoms with Crippen molar-refractivity contribution in [3.8, 4) is 0 Å². The molecular weight excluding hydrogens is 218 g/mol. The van der Waals surface area contributed by atoms with Gasteiger partial charge in [-0.2, -0.15) is 0 Å². The molecule has 0 saturated carbocycles. The molecule has 0 bridgehead atoms.